The summed E-state index contributed by atoms with van der Waals surface area (Å²) in [5.74, 6) is 0. The molecule has 222 valence electrons. The van der Waals surface area contributed by atoms with Crippen LogP contribution in [0.1, 0.15) is 22.3 Å². The van der Waals surface area contributed by atoms with Crippen molar-refractivity contribution in [1.29, 1.82) is 0 Å². The van der Waals surface area contributed by atoms with Gasteiger partial charge in [0.15, 0.2) is 19.7 Å². The van der Waals surface area contributed by atoms with Gasteiger partial charge in [0.05, 0.1) is 20.7 Å². The average Bonchev–Trinajstić information content (AvgIpc) is 3.34. The van der Waals surface area contributed by atoms with Crippen LogP contribution in [0, 0.1) is 6.92 Å². The zero-order valence-corrected chi connectivity index (χ0v) is 26.0. The summed E-state index contributed by atoms with van der Waals surface area (Å²) in [6, 6.07) is 37.3. The van der Waals surface area contributed by atoms with Crippen LogP contribution in [0.4, 0.5) is 0 Å². The van der Waals surface area contributed by atoms with Crippen molar-refractivity contribution in [2.45, 2.75) is 22.3 Å². The lowest BCUT2D eigenvalue weighted by atomic mass is 9.77. The van der Waals surface area contributed by atoms with Crippen molar-refractivity contribution in [3.8, 4) is 11.1 Å². The minimum Gasteiger partial charge on any atom is -0.267 e. The smallest absolute Gasteiger partial charge is 0.267 e. The topological polar surface area (TPSA) is 106 Å². The molecule has 0 atom stereocenters. The Bertz CT molecular complexity index is 2200. The second kappa shape index (κ2) is 10.8. The van der Waals surface area contributed by atoms with E-state index in [1.54, 1.807) is 25.1 Å². The minimum absolute atomic E-state index is 0.0236. The van der Waals surface area contributed by atoms with Crippen LogP contribution in [-0.2, 0) is 25.2 Å². The Morgan fingerprint density at radius 1 is 0.614 bits per heavy atom. The van der Waals surface area contributed by atoms with E-state index in [0.717, 1.165) is 29.2 Å². The van der Waals surface area contributed by atoms with Crippen molar-refractivity contribution in [2.75, 3.05) is 12.5 Å². The van der Waals surface area contributed by atoms with Gasteiger partial charge >= 0.3 is 0 Å². The molecule has 0 saturated heterocycles. The highest BCUT2D eigenvalue weighted by molar-refractivity contribution is 7.91. The van der Waals surface area contributed by atoms with E-state index in [-0.39, 0.29) is 20.7 Å². The van der Waals surface area contributed by atoms with Crippen LogP contribution in [-0.4, -0.2) is 39.1 Å². The van der Waals surface area contributed by atoms with Crippen molar-refractivity contribution >= 4 is 30.6 Å². The lowest BCUT2D eigenvalue weighted by molar-refractivity contribution is 0.472. The molecule has 0 spiro atoms. The van der Waals surface area contributed by atoms with Gasteiger partial charge in [0, 0.05) is 18.1 Å². The number of fused-ring (bicyclic) bond motifs is 1. The summed E-state index contributed by atoms with van der Waals surface area (Å²) in [6.45, 7) is 1.65. The second-order valence-electron chi connectivity index (χ2n) is 10.9. The molecule has 0 aliphatic heterocycles. The molecular formula is C35H30N2O5S2. The number of aromatic amines is 1. The Balaban J connectivity index is 1.80. The fraction of sp³-hybridized carbons (Fsp3) is 0.114. The summed E-state index contributed by atoms with van der Waals surface area (Å²) < 4.78 is 52.8. The second-order valence-corrected chi connectivity index (χ2v) is 14.9. The molecule has 0 unspecified atom stereocenters. The predicted octanol–water partition coefficient (Wildman–Crippen LogP) is 5.95. The van der Waals surface area contributed by atoms with Crippen molar-refractivity contribution in [1.82, 2.24) is 9.78 Å². The summed E-state index contributed by atoms with van der Waals surface area (Å²) in [5.41, 5.74) is 2.70. The third kappa shape index (κ3) is 4.78. The molecule has 1 aromatic heterocycles. The van der Waals surface area contributed by atoms with Crippen LogP contribution in [0.25, 0.3) is 22.0 Å². The van der Waals surface area contributed by atoms with E-state index < -0.39 is 30.8 Å². The number of nitrogens with one attached hydrogen (secondary N) is 1. The molecule has 0 aliphatic rings. The van der Waals surface area contributed by atoms with Crippen molar-refractivity contribution in [2.24, 2.45) is 0 Å². The van der Waals surface area contributed by atoms with Gasteiger partial charge in [-0.25, -0.2) is 16.8 Å². The number of hydrogen-bond acceptors (Lipinski definition) is 5. The van der Waals surface area contributed by atoms with Gasteiger partial charge in [0.25, 0.3) is 5.56 Å². The van der Waals surface area contributed by atoms with Gasteiger partial charge in [-0.1, -0.05) is 103 Å². The number of H-pyrrole nitrogens is 1. The maximum Gasteiger partial charge on any atom is 0.272 e. The molecule has 44 heavy (non-hydrogen) atoms. The molecule has 0 aliphatic carbocycles. The third-order valence-electron chi connectivity index (χ3n) is 8.00. The minimum atomic E-state index is -3.80. The van der Waals surface area contributed by atoms with E-state index >= 15 is 0 Å². The Kier molecular flexibility index (Phi) is 7.18. The molecule has 1 N–H and O–H groups in total. The molecule has 0 amide bonds. The molecule has 6 rings (SSSR count). The van der Waals surface area contributed by atoms with Gasteiger partial charge in [0.2, 0.25) is 0 Å². The van der Waals surface area contributed by atoms with Crippen LogP contribution < -0.4 is 5.56 Å². The molecule has 0 fully saturated rings. The van der Waals surface area contributed by atoms with Crippen molar-refractivity contribution < 1.29 is 16.8 Å². The summed E-state index contributed by atoms with van der Waals surface area (Å²) >= 11 is 0. The quantitative estimate of drug-likeness (QED) is 0.222. The third-order valence-corrected chi connectivity index (χ3v) is 10.4. The fourth-order valence-electron chi connectivity index (χ4n) is 6.21. The summed E-state index contributed by atoms with van der Waals surface area (Å²) in [5, 5.41) is 3.29. The Hall–Kier alpha value is -4.73. The monoisotopic (exact) mass is 622 g/mol. The van der Waals surface area contributed by atoms with E-state index in [4.69, 9.17) is 0 Å². The molecular weight excluding hydrogens is 593 g/mol. The predicted molar refractivity (Wildman–Crippen MR) is 174 cm³/mol. The molecule has 0 radical (unpaired) electrons. The molecule has 7 nitrogen and oxygen atoms in total. The summed E-state index contributed by atoms with van der Waals surface area (Å²) in [7, 11) is -7.32. The zero-order chi connectivity index (χ0) is 31.3. The highest BCUT2D eigenvalue weighted by Crippen LogP contribution is 2.43. The number of nitrogens with zero attached hydrogens (tertiary/aromatic N) is 1. The molecule has 9 heteroatoms. The Morgan fingerprint density at radius 2 is 1.07 bits per heavy atom. The summed E-state index contributed by atoms with van der Waals surface area (Å²) in [4.78, 5) is 14.3. The first-order chi connectivity index (χ1) is 20.9. The SMILES string of the molecule is Cc1cc(-c2c(S(C)(=O)=O)ccc3c2c(=O)[nH]n3C(c2ccccc2)(c2ccccc2)c2ccccc2)ccc1S(C)(=O)=O. The van der Waals surface area contributed by atoms with Crippen LogP contribution in [0.2, 0.25) is 0 Å². The Morgan fingerprint density at radius 3 is 1.50 bits per heavy atom. The van der Waals surface area contributed by atoms with E-state index in [2.05, 4.69) is 5.10 Å². The number of hydrogen-bond donors (Lipinski definition) is 1. The van der Waals surface area contributed by atoms with Gasteiger partial charge in [-0.3, -0.25) is 14.6 Å². The van der Waals surface area contributed by atoms with E-state index in [1.165, 1.54) is 12.1 Å². The highest BCUT2D eigenvalue weighted by atomic mass is 32.2. The van der Waals surface area contributed by atoms with Crippen molar-refractivity contribution in [3.05, 3.63) is 154 Å². The lowest BCUT2D eigenvalue weighted by Crippen LogP contribution is -2.39. The van der Waals surface area contributed by atoms with E-state index in [1.807, 2.05) is 95.7 Å². The van der Waals surface area contributed by atoms with Crippen LogP contribution in [0.3, 0.4) is 0 Å². The van der Waals surface area contributed by atoms with E-state index in [9.17, 15) is 21.6 Å². The fourth-order valence-corrected chi connectivity index (χ4v) is 8.08. The van der Waals surface area contributed by atoms with Gasteiger partial charge in [0.1, 0.15) is 5.54 Å². The lowest BCUT2D eigenvalue weighted by Gasteiger charge is -2.37. The number of aromatic nitrogens is 2. The molecule has 6 aromatic rings. The van der Waals surface area contributed by atoms with Gasteiger partial charge in [-0.15, -0.1) is 0 Å². The molecule has 5 aromatic carbocycles. The maximum absolute atomic E-state index is 14.2. The van der Waals surface area contributed by atoms with Crippen LogP contribution in [0.15, 0.2) is 136 Å². The van der Waals surface area contributed by atoms with Crippen LogP contribution >= 0.6 is 0 Å². The van der Waals surface area contributed by atoms with Gasteiger partial charge in [-0.05, 0) is 52.9 Å². The van der Waals surface area contributed by atoms with Crippen molar-refractivity contribution in [3.63, 3.8) is 0 Å². The molecule has 1 heterocycles. The first-order valence-electron chi connectivity index (χ1n) is 13.9. The first kappa shape index (κ1) is 29.3. The highest BCUT2D eigenvalue weighted by Gasteiger charge is 2.41. The number of aryl methyl sites for hydroxylation is 1. The standard InChI is InChI=1S/C35H30N2O5S2/c1-24-23-25(19-21-30(24)43(2,39)40)32-31(44(3,41)42)22-20-29-33(32)34(38)36-37(29)35(26-13-7-4-8-14-26,27-15-9-5-10-16-27)28-17-11-6-12-18-28/h4-23H,1-3H3,(H,36,38). The maximum atomic E-state index is 14.2. The molecule has 0 bridgehead atoms. The number of rotatable bonds is 7. The van der Waals surface area contributed by atoms with Crippen LogP contribution in [0.5, 0.6) is 0 Å². The average molecular weight is 623 g/mol. The molecule has 0 saturated carbocycles. The zero-order valence-electron chi connectivity index (χ0n) is 24.4. The number of sulfone groups is 2. The first-order valence-corrected chi connectivity index (χ1v) is 17.7. The largest absolute Gasteiger partial charge is 0.272 e. The van der Waals surface area contributed by atoms with Gasteiger partial charge in [-0.2, -0.15) is 0 Å². The number of benzene rings is 5. The van der Waals surface area contributed by atoms with E-state index in [0.29, 0.717) is 16.6 Å². The summed E-state index contributed by atoms with van der Waals surface area (Å²) in [6.07, 6.45) is 2.22. The Labute approximate surface area is 256 Å². The normalized spacial score (nSPS) is 12.4. The van der Waals surface area contributed by atoms with Gasteiger partial charge < -0.3 is 0 Å².